The number of fused-ring (bicyclic) bond motifs is 7. The maximum absolute atomic E-state index is 6.62. The highest BCUT2D eigenvalue weighted by atomic mass is 16.3. The van der Waals surface area contributed by atoms with E-state index in [0.717, 1.165) is 39.0 Å². The lowest BCUT2D eigenvalue weighted by Crippen LogP contribution is -2.10. The van der Waals surface area contributed by atoms with Gasteiger partial charge in [0.2, 0.25) is 0 Å². The Balaban J connectivity index is 1.39. The van der Waals surface area contributed by atoms with Crippen LogP contribution in [0.3, 0.4) is 0 Å². The number of hydrogen-bond donors (Lipinski definition) is 0. The molecule has 0 aliphatic rings. The van der Waals surface area contributed by atoms with Gasteiger partial charge in [-0.2, -0.15) is 0 Å². The molecule has 8 rings (SSSR count). The van der Waals surface area contributed by atoms with Crippen molar-refractivity contribution < 1.29 is 4.42 Å². The van der Waals surface area contributed by atoms with Crippen LogP contribution in [0.4, 0.5) is 17.1 Å². The van der Waals surface area contributed by atoms with E-state index in [4.69, 9.17) is 4.42 Å². The van der Waals surface area contributed by atoms with Crippen molar-refractivity contribution in [3.63, 3.8) is 0 Å². The Morgan fingerprint density at radius 1 is 0.395 bits per heavy atom. The van der Waals surface area contributed by atoms with E-state index < -0.39 is 0 Å². The molecule has 0 N–H and O–H groups in total. The van der Waals surface area contributed by atoms with Gasteiger partial charge in [-0.1, -0.05) is 97.1 Å². The zero-order valence-corrected chi connectivity index (χ0v) is 20.6. The van der Waals surface area contributed by atoms with Crippen LogP contribution in [0.5, 0.6) is 0 Å². The zero-order chi connectivity index (χ0) is 25.1. The highest BCUT2D eigenvalue weighted by molar-refractivity contribution is 6.14. The second-order valence-corrected chi connectivity index (χ2v) is 9.81. The second kappa shape index (κ2) is 8.22. The lowest BCUT2D eigenvalue weighted by molar-refractivity contribution is 0.669. The van der Waals surface area contributed by atoms with E-state index in [9.17, 15) is 0 Å². The molecule has 1 aromatic heterocycles. The highest BCUT2D eigenvalue weighted by Crippen LogP contribution is 2.43. The molecule has 0 unspecified atom stereocenters. The van der Waals surface area contributed by atoms with Gasteiger partial charge in [-0.25, -0.2) is 0 Å². The summed E-state index contributed by atoms with van der Waals surface area (Å²) in [6.45, 7) is 0. The maximum Gasteiger partial charge on any atom is 0.159 e. The van der Waals surface area contributed by atoms with Gasteiger partial charge in [-0.05, 0) is 74.8 Å². The molecule has 178 valence electrons. The summed E-state index contributed by atoms with van der Waals surface area (Å²) in [7, 11) is 0. The zero-order valence-electron chi connectivity index (χ0n) is 20.6. The third-order valence-corrected chi connectivity index (χ3v) is 7.59. The quantitative estimate of drug-likeness (QED) is 0.231. The first-order valence-corrected chi connectivity index (χ1v) is 12.9. The van der Waals surface area contributed by atoms with E-state index in [1.54, 1.807) is 0 Å². The molecule has 0 bridgehead atoms. The minimum atomic E-state index is 0.889. The van der Waals surface area contributed by atoms with Gasteiger partial charge in [0.1, 0.15) is 5.58 Å². The highest BCUT2D eigenvalue weighted by Gasteiger charge is 2.19. The monoisotopic (exact) mass is 485 g/mol. The average Bonchev–Trinajstić information content (AvgIpc) is 3.34. The minimum Gasteiger partial charge on any atom is -0.454 e. The molecular formula is C36H23NO. The summed E-state index contributed by atoms with van der Waals surface area (Å²) < 4.78 is 6.62. The standard InChI is InChI=1S/C36H23NO/c1-2-12-28(13-3-1)37(29-19-20-31-27(21-29)18-17-24-9-6-7-14-30(24)31)34-16-8-15-32-33-22-25-10-4-5-11-26(25)23-35(33)38-36(32)34/h1-23H. The van der Waals surface area contributed by atoms with Crippen molar-refractivity contribution >= 4 is 71.3 Å². The number of para-hydroxylation sites is 2. The topological polar surface area (TPSA) is 16.4 Å². The number of rotatable bonds is 3. The number of benzene rings is 7. The van der Waals surface area contributed by atoms with E-state index >= 15 is 0 Å². The van der Waals surface area contributed by atoms with Gasteiger partial charge in [0, 0.05) is 22.1 Å². The lowest BCUT2D eigenvalue weighted by Gasteiger charge is -2.26. The molecule has 0 saturated carbocycles. The Morgan fingerprint density at radius 3 is 1.95 bits per heavy atom. The van der Waals surface area contributed by atoms with E-state index in [1.807, 2.05) is 0 Å². The van der Waals surface area contributed by atoms with Gasteiger partial charge < -0.3 is 9.32 Å². The molecule has 0 aliphatic heterocycles. The third-order valence-electron chi connectivity index (χ3n) is 7.59. The van der Waals surface area contributed by atoms with E-state index in [0.29, 0.717) is 0 Å². The molecule has 2 heteroatoms. The first-order valence-electron chi connectivity index (χ1n) is 12.9. The summed E-state index contributed by atoms with van der Waals surface area (Å²) in [5.74, 6) is 0. The maximum atomic E-state index is 6.62. The summed E-state index contributed by atoms with van der Waals surface area (Å²) in [5.41, 5.74) is 5.00. The van der Waals surface area contributed by atoms with Crippen molar-refractivity contribution in [3.05, 3.63) is 140 Å². The van der Waals surface area contributed by atoms with Crippen molar-refractivity contribution in [1.82, 2.24) is 0 Å². The number of furan rings is 1. The first-order chi connectivity index (χ1) is 18.8. The molecule has 0 atom stereocenters. The summed E-state index contributed by atoms with van der Waals surface area (Å²) >= 11 is 0. The van der Waals surface area contributed by atoms with Crippen molar-refractivity contribution in [1.29, 1.82) is 0 Å². The molecule has 0 saturated heterocycles. The fourth-order valence-corrected chi connectivity index (χ4v) is 5.79. The third kappa shape index (κ3) is 3.21. The van der Waals surface area contributed by atoms with Crippen LogP contribution in [0.15, 0.2) is 144 Å². The molecule has 38 heavy (non-hydrogen) atoms. The molecule has 0 fully saturated rings. The van der Waals surface area contributed by atoms with Crippen LogP contribution in [0.25, 0.3) is 54.3 Å². The molecule has 0 radical (unpaired) electrons. The van der Waals surface area contributed by atoms with Crippen molar-refractivity contribution in [2.75, 3.05) is 4.90 Å². The van der Waals surface area contributed by atoms with Crippen LogP contribution < -0.4 is 4.90 Å². The predicted molar refractivity (Wildman–Crippen MR) is 161 cm³/mol. The Bertz CT molecular complexity index is 2140. The van der Waals surface area contributed by atoms with Crippen LogP contribution >= 0.6 is 0 Å². The predicted octanol–water partition coefficient (Wildman–Crippen LogP) is 10.5. The molecule has 8 aromatic rings. The van der Waals surface area contributed by atoms with Gasteiger partial charge in [-0.3, -0.25) is 0 Å². The van der Waals surface area contributed by atoms with Crippen LogP contribution in [0.2, 0.25) is 0 Å². The fraction of sp³-hybridized carbons (Fsp3) is 0. The number of nitrogens with zero attached hydrogens (tertiary/aromatic N) is 1. The smallest absolute Gasteiger partial charge is 0.159 e. The Hall–Kier alpha value is -5.08. The van der Waals surface area contributed by atoms with Crippen LogP contribution in [0.1, 0.15) is 0 Å². The number of anilines is 3. The number of hydrogen-bond acceptors (Lipinski definition) is 2. The van der Waals surface area contributed by atoms with E-state index in [2.05, 4.69) is 144 Å². The second-order valence-electron chi connectivity index (χ2n) is 9.81. The molecule has 2 nitrogen and oxygen atoms in total. The molecule has 7 aromatic carbocycles. The SMILES string of the molecule is c1ccc(N(c2ccc3c(ccc4ccccc43)c2)c2cccc3c2oc2cc4ccccc4cc23)cc1. The van der Waals surface area contributed by atoms with Gasteiger partial charge in [0.25, 0.3) is 0 Å². The van der Waals surface area contributed by atoms with Gasteiger partial charge in [0.05, 0.1) is 5.69 Å². The Labute approximate surface area is 220 Å². The lowest BCUT2D eigenvalue weighted by atomic mass is 10.0. The van der Waals surface area contributed by atoms with Crippen LogP contribution in [-0.4, -0.2) is 0 Å². The van der Waals surface area contributed by atoms with Crippen LogP contribution in [-0.2, 0) is 0 Å². The average molecular weight is 486 g/mol. The molecule has 0 aliphatic carbocycles. The molecular weight excluding hydrogens is 462 g/mol. The fourth-order valence-electron chi connectivity index (χ4n) is 5.79. The molecule has 0 spiro atoms. The van der Waals surface area contributed by atoms with Crippen molar-refractivity contribution in [2.45, 2.75) is 0 Å². The molecule has 0 amide bonds. The van der Waals surface area contributed by atoms with Gasteiger partial charge in [0.15, 0.2) is 5.58 Å². The largest absolute Gasteiger partial charge is 0.454 e. The van der Waals surface area contributed by atoms with Gasteiger partial charge in [-0.15, -0.1) is 0 Å². The van der Waals surface area contributed by atoms with Gasteiger partial charge >= 0.3 is 0 Å². The summed E-state index contributed by atoms with van der Waals surface area (Å²) in [6.07, 6.45) is 0. The minimum absolute atomic E-state index is 0.889. The Morgan fingerprint density at radius 2 is 1.08 bits per heavy atom. The van der Waals surface area contributed by atoms with Crippen LogP contribution in [0, 0.1) is 0 Å². The summed E-state index contributed by atoms with van der Waals surface area (Å²) in [4.78, 5) is 2.30. The molecule has 1 heterocycles. The summed E-state index contributed by atoms with van der Waals surface area (Å²) in [6, 6.07) is 49.6. The summed E-state index contributed by atoms with van der Waals surface area (Å²) in [5, 5.41) is 9.66. The van der Waals surface area contributed by atoms with E-state index in [1.165, 1.54) is 32.3 Å². The van der Waals surface area contributed by atoms with Crippen molar-refractivity contribution in [3.8, 4) is 0 Å². The van der Waals surface area contributed by atoms with Crippen molar-refractivity contribution in [2.24, 2.45) is 0 Å². The van der Waals surface area contributed by atoms with E-state index in [-0.39, 0.29) is 0 Å². The first kappa shape index (κ1) is 21.0. The normalized spacial score (nSPS) is 11.7. The Kier molecular flexibility index (Phi) is 4.55.